The van der Waals surface area contributed by atoms with Crippen LogP contribution in [0.15, 0.2) is 0 Å². The highest BCUT2D eigenvalue weighted by Gasteiger charge is 2.36. The molecule has 0 radical (unpaired) electrons. The van der Waals surface area contributed by atoms with Crippen molar-refractivity contribution in [1.29, 1.82) is 0 Å². The molecule has 2 nitrogen and oxygen atoms in total. The van der Waals surface area contributed by atoms with E-state index in [0.29, 0.717) is 6.10 Å². The Kier molecular flexibility index (Phi) is 6.14. The van der Waals surface area contributed by atoms with Gasteiger partial charge in [0.2, 0.25) is 0 Å². The molecule has 0 atom stereocenters. The first-order valence-corrected chi connectivity index (χ1v) is 9.31. The van der Waals surface area contributed by atoms with Crippen LogP contribution in [0.2, 0.25) is 0 Å². The lowest BCUT2D eigenvalue weighted by Crippen LogP contribution is -2.50. The van der Waals surface area contributed by atoms with Crippen molar-refractivity contribution in [3.8, 4) is 0 Å². The Morgan fingerprint density at radius 2 is 1.52 bits per heavy atom. The molecule has 1 N–H and O–H groups in total. The van der Waals surface area contributed by atoms with E-state index in [2.05, 4.69) is 33.0 Å². The molecule has 2 fully saturated rings. The fourth-order valence-electron chi connectivity index (χ4n) is 3.84. The summed E-state index contributed by atoms with van der Waals surface area (Å²) in [6.07, 6.45) is 13.7. The maximum Gasteiger partial charge on any atom is 0.0810 e. The van der Waals surface area contributed by atoms with Crippen LogP contribution in [0, 0.1) is 5.92 Å². The standard InChI is InChI=1S/C19H37NO/c1-16-9-11-17(12-10-16)21-19(15-20-18(2,3)4)13-7-5-6-8-14-19/h16-17,20H,5-15H2,1-4H3. The molecule has 0 aromatic rings. The van der Waals surface area contributed by atoms with Gasteiger partial charge in [0.25, 0.3) is 0 Å². The van der Waals surface area contributed by atoms with E-state index >= 15 is 0 Å². The van der Waals surface area contributed by atoms with Crippen LogP contribution >= 0.6 is 0 Å². The molecule has 0 aromatic carbocycles. The lowest BCUT2D eigenvalue weighted by atomic mass is 9.87. The van der Waals surface area contributed by atoms with Crippen molar-refractivity contribution >= 4 is 0 Å². The van der Waals surface area contributed by atoms with E-state index in [1.807, 2.05) is 0 Å². The van der Waals surface area contributed by atoms with E-state index < -0.39 is 0 Å². The summed E-state index contributed by atoms with van der Waals surface area (Å²) in [7, 11) is 0. The Morgan fingerprint density at radius 3 is 2.05 bits per heavy atom. The minimum absolute atomic E-state index is 0.106. The van der Waals surface area contributed by atoms with Crippen molar-refractivity contribution in [2.24, 2.45) is 5.92 Å². The van der Waals surface area contributed by atoms with Gasteiger partial charge in [0.05, 0.1) is 11.7 Å². The number of ether oxygens (including phenoxy) is 1. The predicted octanol–water partition coefficient (Wildman–Crippen LogP) is 5.06. The van der Waals surface area contributed by atoms with Gasteiger partial charge in [-0.2, -0.15) is 0 Å². The summed E-state index contributed by atoms with van der Waals surface area (Å²) in [6, 6.07) is 0. The molecule has 0 spiro atoms. The third-order valence-electron chi connectivity index (χ3n) is 5.34. The van der Waals surface area contributed by atoms with Gasteiger partial charge in [-0.05, 0) is 65.2 Å². The molecule has 2 saturated carbocycles. The maximum absolute atomic E-state index is 6.78. The Morgan fingerprint density at radius 1 is 0.952 bits per heavy atom. The second-order valence-electron chi connectivity index (χ2n) is 8.70. The lowest BCUT2D eigenvalue weighted by Gasteiger charge is -2.41. The zero-order valence-electron chi connectivity index (χ0n) is 14.8. The zero-order chi connectivity index (χ0) is 15.3. The van der Waals surface area contributed by atoms with Crippen molar-refractivity contribution < 1.29 is 4.74 Å². The highest BCUT2D eigenvalue weighted by Crippen LogP contribution is 2.35. The van der Waals surface area contributed by atoms with E-state index in [1.165, 1.54) is 64.2 Å². The van der Waals surface area contributed by atoms with Crippen LogP contribution in [0.25, 0.3) is 0 Å². The third kappa shape index (κ3) is 5.90. The van der Waals surface area contributed by atoms with Crippen molar-refractivity contribution in [1.82, 2.24) is 5.32 Å². The van der Waals surface area contributed by atoms with E-state index in [1.54, 1.807) is 0 Å². The van der Waals surface area contributed by atoms with Crippen LogP contribution < -0.4 is 5.32 Å². The molecule has 0 heterocycles. The monoisotopic (exact) mass is 295 g/mol. The van der Waals surface area contributed by atoms with Crippen LogP contribution in [0.4, 0.5) is 0 Å². The van der Waals surface area contributed by atoms with E-state index in [0.717, 1.165) is 12.5 Å². The van der Waals surface area contributed by atoms with Gasteiger partial charge in [0, 0.05) is 12.1 Å². The van der Waals surface area contributed by atoms with Gasteiger partial charge >= 0.3 is 0 Å². The highest BCUT2D eigenvalue weighted by molar-refractivity contribution is 4.90. The largest absolute Gasteiger partial charge is 0.370 e. The Bertz CT molecular complexity index is 291. The molecule has 2 rings (SSSR count). The van der Waals surface area contributed by atoms with Gasteiger partial charge < -0.3 is 10.1 Å². The molecule has 0 unspecified atom stereocenters. The minimum Gasteiger partial charge on any atom is -0.370 e. The quantitative estimate of drug-likeness (QED) is 0.732. The minimum atomic E-state index is 0.106. The highest BCUT2D eigenvalue weighted by atomic mass is 16.5. The van der Waals surface area contributed by atoms with Crippen LogP contribution in [0.3, 0.4) is 0 Å². The molecular formula is C19H37NO. The van der Waals surface area contributed by atoms with Crippen LogP contribution in [0.5, 0.6) is 0 Å². The van der Waals surface area contributed by atoms with Crippen molar-refractivity contribution in [2.45, 2.75) is 109 Å². The number of nitrogens with one attached hydrogen (secondary N) is 1. The summed E-state index contributed by atoms with van der Waals surface area (Å²) < 4.78 is 6.78. The third-order valence-corrected chi connectivity index (χ3v) is 5.34. The summed E-state index contributed by atoms with van der Waals surface area (Å²) in [4.78, 5) is 0. The van der Waals surface area contributed by atoms with Gasteiger partial charge in [-0.25, -0.2) is 0 Å². The molecule has 2 aliphatic carbocycles. The fraction of sp³-hybridized carbons (Fsp3) is 1.00. The Balaban J connectivity index is 1.96. The van der Waals surface area contributed by atoms with Gasteiger partial charge in [-0.1, -0.05) is 32.6 Å². The van der Waals surface area contributed by atoms with Gasteiger partial charge in [-0.15, -0.1) is 0 Å². The molecule has 0 aromatic heterocycles. The fourth-order valence-corrected chi connectivity index (χ4v) is 3.84. The summed E-state index contributed by atoms with van der Waals surface area (Å²) in [6.45, 7) is 10.2. The van der Waals surface area contributed by atoms with Gasteiger partial charge in [0.1, 0.15) is 0 Å². The molecule has 124 valence electrons. The lowest BCUT2D eigenvalue weighted by molar-refractivity contribution is -0.117. The van der Waals surface area contributed by atoms with Crippen molar-refractivity contribution in [3.05, 3.63) is 0 Å². The summed E-state index contributed by atoms with van der Waals surface area (Å²) >= 11 is 0. The van der Waals surface area contributed by atoms with E-state index in [4.69, 9.17) is 4.74 Å². The maximum atomic E-state index is 6.78. The molecular weight excluding hydrogens is 258 g/mol. The average Bonchev–Trinajstić information content (AvgIpc) is 2.65. The van der Waals surface area contributed by atoms with E-state index in [9.17, 15) is 0 Å². The molecule has 0 amide bonds. The SMILES string of the molecule is CC1CCC(OC2(CNC(C)(C)C)CCCCCC2)CC1. The van der Waals surface area contributed by atoms with Crippen molar-refractivity contribution in [2.75, 3.05) is 6.54 Å². The first-order valence-electron chi connectivity index (χ1n) is 9.31. The molecule has 2 heteroatoms. The molecule has 21 heavy (non-hydrogen) atoms. The summed E-state index contributed by atoms with van der Waals surface area (Å²) in [5.41, 5.74) is 0.290. The topological polar surface area (TPSA) is 21.3 Å². The summed E-state index contributed by atoms with van der Waals surface area (Å²) in [5, 5.41) is 3.73. The molecule has 2 aliphatic rings. The predicted molar refractivity (Wildman–Crippen MR) is 90.7 cm³/mol. The van der Waals surface area contributed by atoms with Gasteiger partial charge in [0.15, 0.2) is 0 Å². The van der Waals surface area contributed by atoms with Gasteiger partial charge in [-0.3, -0.25) is 0 Å². The van der Waals surface area contributed by atoms with Crippen LogP contribution in [-0.4, -0.2) is 23.8 Å². The van der Waals surface area contributed by atoms with E-state index in [-0.39, 0.29) is 11.1 Å². The summed E-state index contributed by atoms with van der Waals surface area (Å²) in [5.74, 6) is 0.905. The normalized spacial score (nSPS) is 30.9. The second kappa shape index (κ2) is 7.46. The zero-order valence-corrected chi connectivity index (χ0v) is 14.8. The first kappa shape index (κ1) is 17.3. The number of rotatable bonds is 4. The van der Waals surface area contributed by atoms with Crippen LogP contribution in [0.1, 0.15) is 91.9 Å². The smallest absolute Gasteiger partial charge is 0.0810 e. The van der Waals surface area contributed by atoms with Crippen molar-refractivity contribution in [3.63, 3.8) is 0 Å². The molecule has 0 saturated heterocycles. The first-order chi connectivity index (χ1) is 9.89. The number of hydrogen-bond acceptors (Lipinski definition) is 2. The Labute approximate surface area is 132 Å². The molecule has 0 bridgehead atoms. The molecule has 0 aliphatic heterocycles. The second-order valence-corrected chi connectivity index (χ2v) is 8.70. The van der Waals surface area contributed by atoms with Crippen LogP contribution in [-0.2, 0) is 4.74 Å². The average molecular weight is 296 g/mol. The Hall–Kier alpha value is -0.0800. The number of hydrogen-bond donors (Lipinski definition) is 1.